The first kappa shape index (κ1) is 14.9. The van der Waals surface area contributed by atoms with Crippen molar-refractivity contribution >= 4 is 26.8 Å². The summed E-state index contributed by atoms with van der Waals surface area (Å²) in [6, 6.07) is 8.14. The number of halogens is 2. The van der Waals surface area contributed by atoms with E-state index in [0.717, 1.165) is 34.0 Å². The van der Waals surface area contributed by atoms with E-state index in [4.69, 9.17) is 0 Å². The molecule has 2 aromatic rings. The van der Waals surface area contributed by atoms with Gasteiger partial charge in [-0.15, -0.1) is 0 Å². The van der Waals surface area contributed by atoms with Gasteiger partial charge in [-0.25, -0.2) is 4.39 Å². The van der Waals surface area contributed by atoms with E-state index >= 15 is 0 Å². The van der Waals surface area contributed by atoms with Crippen molar-refractivity contribution in [3.63, 3.8) is 0 Å². The number of pyridine rings is 1. The molecule has 1 aromatic carbocycles. The van der Waals surface area contributed by atoms with Crippen molar-refractivity contribution in [2.45, 2.75) is 19.1 Å². The van der Waals surface area contributed by atoms with Gasteiger partial charge in [-0.1, -0.05) is 22.0 Å². The third-order valence-corrected chi connectivity index (χ3v) is 4.25. The Hall–Kier alpha value is -1.04. The van der Waals surface area contributed by atoms with Gasteiger partial charge >= 0.3 is 0 Å². The zero-order chi connectivity index (χ0) is 14.9. The fraction of sp³-hybridized carbons (Fsp3) is 0.438. The Morgan fingerprint density at radius 1 is 1.48 bits per heavy atom. The number of nitrogens with one attached hydrogen (secondary N) is 1. The molecule has 1 aliphatic heterocycles. The van der Waals surface area contributed by atoms with Gasteiger partial charge in [0.2, 0.25) is 0 Å². The minimum atomic E-state index is -1.19. The molecule has 5 heteroatoms. The molecular weight excluding hydrogens is 333 g/mol. The molecule has 0 amide bonds. The first-order valence-corrected chi connectivity index (χ1v) is 7.98. The van der Waals surface area contributed by atoms with Gasteiger partial charge in [0, 0.05) is 48.8 Å². The second-order valence-electron chi connectivity index (χ2n) is 5.94. The van der Waals surface area contributed by atoms with E-state index in [1.165, 1.54) is 0 Å². The Bertz CT molecular complexity index is 644. The van der Waals surface area contributed by atoms with Crippen LogP contribution in [0.3, 0.4) is 0 Å². The first-order chi connectivity index (χ1) is 10.0. The topological polar surface area (TPSA) is 28.2 Å². The van der Waals surface area contributed by atoms with Gasteiger partial charge in [0.1, 0.15) is 5.67 Å². The largest absolute Gasteiger partial charge is 0.312 e. The summed E-state index contributed by atoms with van der Waals surface area (Å²) < 4.78 is 15.4. The van der Waals surface area contributed by atoms with Crippen LogP contribution in [-0.4, -0.2) is 41.7 Å². The van der Waals surface area contributed by atoms with Crippen molar-refractivity contribution in [2.24, 2.45) is 0 Å². The van der Waals surface area contributed by atoms with Gasteiger partial charge in [0.25, 0.3) is 0 Å². The van der Waals surface area contributed by atoms with Crippen molar-refractivity contribution in [2.75, 3.05) is 26.2 Å². The quantitative estimate of drug-likeness (QED) is 0.900. The number of hydrogen-bond donors (Lipinski definition) is 1. The number of hydrogen-bond acceptors (Lipinski definition) is 3. The third-order valence-electron chi connectivity index (χ3n) is 3.79. The third kappa shape index (κ3) is 3.59. The molecule has 0 spiro atoms. The molecule has 1 fully saturated rings. The van der Waals surface area contributed by atoms with Crippen LogP contribution >= 0.6 is 15.9 Å². The smallest absolute Gasteiger partial charge is 0.133 e. The molecular formula is C16H19BrFN3. The van der Waals surface area contributed by atoms with Crippen molar-refractivity contribution < 1.29 is 4.39 Å². The SMILES string of the molecule is CC1(F)CNCCN(Cc2cc(Br)cc3cccnc23)C1. The van der Waals surface area contributed by atoms with E-state index in [-0.39, 0.29) is 0 Å². The zero-order valence-electron chi connectivity index (χ0n) is 12.1. The summed E-state index contributed by atoms with van der Waals surface area (Å²) in [6.07, 6.45) is 1.81. The average molecular weight is 352 g/mol. The van der Waals surface area contributed by atoms with Gasteiger partial charge < -0.3 is 5.32 Å². The fourth-order valence-electron chi connectivity index (χ4n) is 2.91. The molecule has 1 unspecified atom stereocenters. The molecule has 112 valence electrons. The highest BCUT2D eigenvalue weighted by Crippen LogP contribution is 2.25. The first-order valence-electron chi connectivity index (χ1n) is 7.19. The van der Waals surface area contributed by atoms with Gasteiger partial charge in [0.05, 0.1) is 5.52 Å². The lowest BCUT2D eigenvalue weighted by Crippen LogP contribution is -2.39. The standard InChI is InChI=1S/C16H19BrFN3/c1-16(18)10-19-5-6-21(11-16)9-13-8-14(17)7-12-3-2-4-20-15(12)13/h2-4,7-8,19H,5-6,9-11H2,1H3. The Morgan fingerprint density at radius 2 is 2.33 bits per heavy atom. The predicted molar refractivity (Wildman–Crippen MR) is 87.1 cm³/mol. The molecule has 0 aliphatic carbocycles. The number of nitrogens with zero attached hydrogens (tertiary/aromatic N) is 2. The number of rotatable bonds is 2. The highest BCUT2D eigenvalue weighted by atomic mass is 79.9. The van der Waals surface area contributed by atoms with Gasteiger partial charge in [-0.2, -0.15) is 0 Å². The lowest BCUT2D eigenvalue weighted by atomic mass is 10.1. The number of fused-ring (bicyclic) bond motifs is 1. The summed E-state index contributed by atoms with van der Waals surface area (Å²) in [5.74, 6) is 0. The lowest BCUT2D eigenvalue weighted by Gasteiger charge is -2.26. The molecule has 1 saturated heterocycles. The van der Waals surface area contributed by atoms with Gasteiger partial charge in [0.15, 0.2) is 0 Å². The maximum Gasteiger partial charge on any atom is 0.133 e. The summed E-state index contributed by atoms with van der Waals surface area (Å²) in [7, 11) is 0. The van der Waals surface area contributed by atoms with E-state index < -0.39 is 5.67 Å². The van der Waals surface area contributed by atoms with E-state index in [1.54, 1.807) is 6.92 Å². The molecule has 1 aromatic heterocycles. The molecule has 1 N–H and O–H groups in total. The number of benzene rings is 1. The van der Waals surface area contributed by atoms with Crippen molar-refractivity contribution in [1.82, 2.24) is 15.2 Å². The summed E-state index contributed by atoms with van der Waals surface area (Å²) >= 11 is 3.55. The molecule has 2 heterocycles. The number of aromatic nitrogens is 1. The van der Waals surface area contributed by atoms with Crippen LogP contribution in [0.5, 0.6) is 0 Å². The van der Waals surface area contributed by atoms with Gasteiger partial charge in [-0.3, -0.25) is 9.88 Å². The number of alkyl halides is 1. The lowest BCUT2D eigenvalue weighted by molar-refractivity contribution is 0.126. The van der Waals surface area contributed by atoms with Crippen LogP contribution in [0.4, 0.5) is 4.39 Å². The Kier molecular flexibility index (Phi) is 4.24. The predicted octanol–water partition coefficient (Wildman–Crippen LogP) is 3.13. The van der Waals surface area contributed by atoms with Crippen molar-refractivity contribution in [1.29, 1.82) is 0 Å². The molecule has 0 radical (unpaired) electrons. The maximum atomic E-state index is 14.3. The minimum Gasteiger partial charge on any atom is -0.312 e. The second kappa shape index (κ2) is 5.99. The molecule has 3 rings (SSSR count). The Balaban J connectivity index is 1.90. The van der Waals surface area contributed by atoms with Gasteiger partial charge in [-0.05, 0) is 30.7 Å². The summed E-state index contributed by atoms with van der Waals surface area (Å²) in [5.41, 5.74) is 0.947. The van der Waals surface area contributed by atoms with Crippen LogP contribution in [0.25, 0.3) is 10.9 Å². The van der Waals surface area contributed by atoms with Crippen LogP contribution in [0.1, 0.15) is 12.5 Å². The summed E-state index contributed by atoms with van der Waals surface area (Å²) in [4.78, 5) is 6.65. The van der Waals surface area contributed by atoms with E-state index in [9.17, 15) is 4.39 Å². The Labute approximate surface area is 132 Å². The van der Waals surface area contributed by atoms with E-state index in [1.807, 2.05) is 12.3 Å². The fourth-order valence-corrected chi connectivity index (χ4v) is 3.43. The van der Waals surface area contributed by atoms with Crippen LogP contribution < -0.4 is 5.32 Å². The second-order valence-corrected chi connectivity index (χ2v) is 6.86. The van der Waals surface area contributed by atoms with Crippen LogP contribution in [0.15, 0.2) is 34.9 Å². The average Bonchev–Trinajstić information content (AvgIpc) is 2.59. The Morgan fingerprint density at radius 3 is 3.19 bits per heavy atom. The van der Waals surface area contributed by atoms with Crippen LogP contribution in [0.2, 0.25) is 0 Å². The van der Waals surface area contributed by atoms with Crippen molar-refractivity contribution in [3.8, 4) is 0 Å². The summed E-state index contributed by atoms with van der Waals surface area (Å²) in [6.45, 7) is 4.91. The molecule has 0 saturated carbocycles. The van der Waals surface area contributed by atoms with Crippen molar-refractivity contribution in [3.05, 3.63) is 40.5 Å². The molecule has 3 nitrogen and oxygen atoms in total. The van der Waals surface area contributed by atoms with E-state index in [0.29, 0.717) is 19.6 Å². The highest BCUT2D eigenvalue weighted by Gasteiger charge is 2.28. The molecule has 21 heavy (non-hydrogen) atoms. The monoisotopic (exact) mass is 351 g/mol. The highest BCUT2D eigenvalue weighted by molar-refractivity contribution is 9.10. The minimum absolute atomic E-state index is 0.418. The molecule has 1 aliphatic rings. The molecule has 0 bridgehead atoms. The van der Waals surface area contributed by atoms with Crippen LogP contribution in [-0.2, 0) is 6.54 Å². The van der Waals surface area contributed by atoms with Crippen LogP contribution in [0, 0.1) is 0 Å². The normalized spacial score (nSPS) is 24.1. The zero-order valence-corrected chi connectivity index (χ0v) is 13.7. The van der Waals surface area contributed by atoms with E-state index in [2.05, 4.69) is 49.3 Å². The maximum absolute atomic E-state index is 14.3. The summed E-state index contributed by atoms with van der Waals surface area (Å²) in [5, 5.41) is 4.27. The molecule has 1 atom stereocenters.